The molecule has 0 fully saturated rings. The second-order valence-corrected chi connectivity index (χ2v) is 10.8. The summed E-state index contributed by atoms with van der Waals surface area (Å²) in [5, 5.41) is 0. The van der Waals surface area contributed by atoms with Gasteiger partial charge in [0.15, 0.2) is 5.41 Å². The largest absolute Gasteiger partial charge is 0.468 e. The smallest absolute Gasteiger partial charge is 0.324 e. The third kappa shape index (κ3) is 6.12. The summed E-state index contributed by atoms with van der Waals surface area (Å²) in [6.07, 6.45) is 2.97. The van der Waals surface area contributed by atoms with E-state index in [0.717, 1.165) is 46.2 Å². The van der Waals surface area contributed by atoms with Crippen molar-refractivity contribution in [3.8, 4) is 11.3 Å². The average Bonchev–Trinajstić information content (AvgIpc) is 3.40. The lowest BCUT2D eigenvalue weighted by Crippen LogP contribution is -2.45. The Labute approximate surface area is 247 Å². The number of ether oxygens (including phenoxy) is 3. The highest BCUT2D eigenvalue weighted by Crippen LogP contribution is 2.53. The highest BCUT2D eigenvalue weighted by atomic mass is 16.5. The van der Waals surface area contributed by atoms with E-state index < -0.39 is 23.5 Å². The fraction of sp³-hybridized carbons (Fsp3) is 0.400. The Morgan fingerprint density at radius 1 is 0.857 bits per heavy atom. The summed E-state index contributed by atoms with van der Waals surface area (Å²) in [5.41, 5.74) is 3.67. The number of carbonyl (C=O) groups is 3. The van der Waals surface area contributed by atoms with Crippen LogP contribution in [-0.4, -0.2) is 39.1 Å². The van der Waals surface area contributed by atoms with Crippen LogP contribution in [-0.2, 0) is 35.0 Å². The molecular formula is C35H40O7. The first-order valence-corrected chi connectivity index (χ1v) is 14.5. The highest BCUT2D eigenvalue weighted by molar-refractivity contribution is 6.03. The first-order valence-electron chi connectivity index (χ1n) is 14.5. The number of hydrogen-bond acceptors (Lipinski definition) is 7. The van der Waals surface area contributed by atoms with Crippen molar-refractivity contribution in [1.29, 1.82) is 0 Å². The number of esters is 2. The number of hydrogen-bond donors (Lipinski definition) is 0. The molecule has 0 radical (unpaired) electrons. The molecule has 0 spiro atoms. The van der Waals surface area contributed by atoms with Crippen molar-refractivity contribution in [3.63, 3.8) is 0 Å². The van der Waals surface area contributed by atoms with Crippen molar-refractivity contribution in [2.75, 3.05) is 21.3 Å². The van der Waals surface area contributed by atoms with Gasteiger partial charge in [-0.2, -0.15) is 0 Å². The average molecular weight is 573 g/mol. The summed E-state index contributed by atoms with van der Waals surface area (Å²) < 4.78 is 23.3. The molecule has 3 aromatic rings. The molecule has 1 aromatic heterocycles. The number of furan rings is 1. The maximum Gasteiger partial charge on any atom is 0.324 e. The van der Waals surface area contributed by atoms with Crippen LogP contribution in [0.15, 0.2) is 70.7 Å². The van der Waals surface area contributed by atoms with Crippen LogP contribution in [0.3, 0.4) is 0 Å². The number of benzene rings is 2. The summed E-state index contributed by atoms with van der Waals surface area (Å²) in [6, 6.07) is 19.7. The molecule has 1 aliphatic rings. The van der Waals surface area contributed by atoms with E-state index >= 15 is 0 Å². The van der Waals surface area contributed by atoms with E-state index in [2.05, 4.69) is 6.92 Å². The number of ketones is 1. The van der Waals surface area contributed by atoms with Gasteiger partial charge in [-0.15, -0.1) is 0 Å². The van der Waals surface area contributed by atoms with Gasteiger partial charge in [0, 0.05) is 43.1 Å². The van der Waals surface area contributed by atoms with Crippen molar-refractivity contribution in [3.05, 3.63) is 88.7 Å². The minimum absolute atomic E-state index is 0.0238. The van der Waals surface area contributed by atoms with Crippen LogP contribution in [0, 0.1) is 5.41 Å². The van der Waals surface area contributed by atoms with Gasteiger partial charge >= 0.3 is 11.9 Å². The molecule has 42 heavy (non-hydrogen) atoms. The number of rotatable bonds is 12. The van der Waals surface area contributed by atoms with Gasteiger partial charge in [-0.1, -0.05) is 79.6 Å². The topological polar surface area (TPSA) is 92.0 Å². The van der Waals surface area contributed by atoms with Gasteiger partial charge in [0.1, 0.15) is 23.4 Å². The number of fused-ring (bicyclic) bond motifs is 1. The first kappa shape index (κ1) is 31.0. The standard InChI is InChI=1S/C35H40O7/c1-6-7-14-24(20-19-23(2)36)27-21-35(33(37)40-4,34(38)41-5)22-28-29(27)30(31(39-3)25-15-10-8-11-16-25)32(42-28)26-17-12-9-13-18-26/h8-13,15-18,31H,6-7,14,19-22H2,1-5H3/b27-24-/t31-/m1/s1. The molecule has 2 aromatic carbocycles. The zero-order chi connectivity index (χ0) is 30.3. The Kier molecular flexibility index (Phi) is 10.2. The lowest BCUT2D eigenvalue weighted by atomic mass is 9.68. The fourth-order valence-electron chi connectivity index (χ4n) is 5.99. The van der Waals surface area contributed by atoms with Gasteiger partial charge in [-0.25, -0.2) is 0 Å². The van der Waals surface area contributed by atoms with Gasteiger partial charge in [0.2, 0.25) is 0 Å². The van der Waals surface area contributed by atoms with Crippen LogP contribution in [0.5, 0.6) is 0 Å². The SMILES string of the molecule is CCCC/C(CCC(C)=O)=C1\CC(C(=O)OC)(C(=O)OC)Cc2oc(-c3ccccc3)c([C@H](OC)c3ccccc3)c21. The third-order valence-electron chi connectivity index (χ3n) is 8.09. The second-order valence-electron chi connectivity index (χ2n) is 10.8. The molecule has 0 saturated heterocycles. The number of Topliss-reactive ketones (excluding diaryl/α,β-unsaturated/α-hetero) is 1. The predicted octanol–water partition coefficient (Wildman–Crippen LogP) is 7.27. The molecule has 7 heteroatoms. The molecule has 0 N–H and O–H groups in total. The van der Waals surface area contributed by atoms with Crippen molar-refractivity contribution >= 4 is 23.3 Å². The van der Waals surface area contributed by atoms with Gasteiger partial charge in [0.05, 0.1) is 14.2 Å². The summed E-state index contributed by atoms with van der Waals surface area (Å²) in [6.45, 7) is 3.69. The summed E-state index contributed by atoms with van der Waals surface area (Å²) in [7, 11) is 4.22. The highest BCUT2D eigenvalue weighted by Gasteiger charge is 2.54. The number of methoxy groups -OCH3 is 3. The molecule has 1 atom stereocenters. The third-order valence-corrected chi connectivity index (χ3v) is 8.09. The van der Waals surface area contributed by atoms with E-state index in [1.54, 1.807) is 14.0 Å². The van der Waals surface area contributed by atoms with Crippen LogP contribution >= 0.6 is 0 Å². The quantitative estimate of drug-likeness (QED) is 0.166. The van der Waals surface area contributed by atoms with E-state index in [1.807, 2.05) is 60.7 Å². The number of allylic oxidation sites excluding steroid dienone is 2. The summed E-state index contributed by atoms with van der Waals surface area (Å²) in [4.78, 5) is 39.1. The predicted molar refractivity (Wildman–Crippen MR) is 161 cm³/mol. The minimum atomic E-state index is -1.63. The van der Waals surface area contributed by atoms with Crippen molar-refractivity contribution in [2.45, 2.75) is 64.9 Å². The summed E-state index contributed by atoms with van der Waals surface area (Å²) in [5.74, 6) is -0.172. The Bertz CT molecular complexity index is 1420. The van der Waals surface area contributed by atoms with Crippen molar-refractivity contribution in [1.82, 2.24) is 0 Å². The molecule has 0 bridgehead atoms. The Morgan fingerprint density at radius 3 is 2.02 bits per heavy atom. The maximum absolute atomic E-state index is 13.5. The van der Waals surface area contributed by atoms with Gasteiger partial charge < -0.3 is 23.4 Å². The van der Waals surface area contributed by atoms with Crippen LogP contribution in [0.25, 0.3) is 16.9 Å². The van der Waals surface area contributed by atoms with E-state index in [1.165, 1.54) is 14.2 Å². The number of carbonyl (C=O) groups excluding carboxylic acids is 3. The number of unbranched alkanes of at least 4 members (excludes halogenated alkanes) is 1. The van der Waals surface area contributed by atoms with Gasteiger partial charge in [-0.3, -0.25) is 9.59 Å². The fourth-order valence-corrected chi connectivity index (χ4v) is 5.99. The van der Waals surface area contributed by atoms with Gasteiger partial charge in [0.25, 0.3) is 0 Å². The van der Waals surface area contributed by atoms with E-state index in [0.29, 0.717) is 30.8 Å². The normalized spacial score (nSPS) is 15.8. The molecule has 7 nitrogen and oxygen atoms in total. The van der Waals surface area contributed by atoms with Crippen LogP contribution in [0.4, 0.5) is 0 Å². The lowest BCUT2D eigenvalue weighted by molar-refractivity contribution is -0.169. The molecule has 4 rings (SSSR count). The molecule has 0 amide bonds. The van der Waals surface area contributed by atoms with E-state index in [-0.39, 0.29) is 18.6 Å². The van der Waals surface area contributed by atoms with Gasteiger partial charge in [-0.05, 0) is 37.3 Å². The first-order chi connectivity index (χ1) is 20.3. The zero-order valence-electron chi connectivity index (χ0n) is 25.2. The van der Waals surface area contributed by atoms with Crippen molar-refractivity contribution < 1.29 is 33.0 Å². The Morgan fingerprint density at radius 2 is 1.48 bits per heavy atom. The zero-order valence-corrected chi connectivity index (χ0v) is 25.2. The maximum atomic E-state index is 13.5. The lowest BCUT2D eigenvalue weighted by Gasteiger charge is -2.34. The van der Waals surface area contributed by atoms with Crippen molar-refractivity contribution in [2.24, 2.45) is 5.41 Å². The van der Waals surface area contributed by atoms with E-state index in [9.17, 15) is 14.4 Å². The minimum Gasteiger partial charge on any atom is -0.468 e. The molecule has 0 aliphatic heterocycles. The summed E-state index contributed by atoms with van der Waals surface area (Å²) >= 11 is 0. The van der Waals surface area contributed by atoms with Crippen LogP contribution < -0.4 is 0 Å². The molecular weight excluding hydrogens is 532 g/mol. The second kappa shape index (κ2) is 13.8. The molecule has 0 saturated carbocycles. The molecule has 1 aliphatic carbocycles. The van der Waals surface area contributed by atoms with Crippen LogP contribution in [0.2, 0.25) is 0 Å². The van der Waals surface area contributed by atoms with E-state index in [4.69, 9.17) is 18.6 Å². The monoisotopic (exact) mass is 572 g/mol. The molecule has 222 valence electrons. The molecule has 0 unspecified atom stereocenters. The Hall–Kier alpha value is -3.97. The molecule has 1 heterocycles. The van der Waals surface area contributed by atoms with Crippen LogP contribution in [0.1, 0.15) is 80.9 Å². The Balaban J connectivity index is 2.12.